The molecule has 2 atom stereocenters. The smallest absolute Gasteiger partial charge is 0.409 e. The molecular weight excluding hydrogens is 352 g/mol. The van der Waals surface area contributed by atoms with Gasteiger partial charge in [0.1, 0.15) is 17.2 Å². The van der Waals surface area contributed by atoms with E-state index in [2.05, 4.69) is 0 Å². The van der Waals surface area contributed by atoms with E-state index in [1.54, 1.807) is 37.6 Å². The average molecular weight is 382 g/mol. The first-order chi connectivity index (χ1) is 12.7. The van der Waals surface area contributed by atoms with E-state index in [4.69, 9.17) is 15.2 Å². The van der Waals surface area contributed by atoms with E-state index in [1.807, 2.05) is 11.0 Å². The number of amides is 1. The van der Waals surface area contributed by atoms with E-state index in [0.717, 1.165) is 0 Å². The SMILES string of the molecule is CCOC(=O)N1CCN(N2CCC(C(=O)OC(C)(C)C)C(N)C2=C=O)CC1. The summed E-state index contributed by atoms with van der Waals surface area (Å²) in [4.78, 5) is 37.5. The van der Waals surface area contributed by atoms with Crippen molar-refractivity contribution in [1.82, 2.24) is 14.9 Å². The summed E-state index contributed by atoms with van der Waals surface area (Å²) in [7, 11) is 0. The van der Waals surface area contributed by atoms with Gasteiger partial charge in [0.2, 0.25) is 0 Å². The van der Waals surface area contributed by atoms with Crippen molar-refractivity contribution in [2.75, 3.05) is 39.3 Å². The molecule has 2 unspecified atom stereocenters. The maximum absolute atomic E-state index is 12.4. The molecule has 2 rings (SSSR count). The molecule has 0 aliphatic carbocycles. The van der Waals surface area contributed by atoms with Gasteiger partial charge in [-0.2, -0.15) is 0 Å². The number of carbonyl (C=O) groups is 2. The highest BCUT2D eigenvalue weighted by atomic mass is 16.6. The van der Waals surface area contributed by atoms with E-state index in [-0.39, 0.29) is 11.8 Å². The fraction of sp³-hybridized carbons (Fsp3) is 0.778. The molecule has 0 aromatic rings. The first-order valence-electron chi connectivity index (χ1n) is 9.35. The van der Waals surface area contributed by atoms with Crippen molar-refractivity contribution in [3.05, 3.63) is 5.70 Å². The highest BCUT2D eigenvalue weighted by Crippen LogP contribution is 2.28. The molecule has 2 aliphatic rings. The molecule has 0 spiro atoms. The number of hydrogen-bond donors (Lipinski definition) is 1. The standard InChI is InChI=1S/C18H30N4O5/c1-5-26-17(25)20-8-10-21(11-9-20)22-7-6-13(15(19)14(22)12-23)16(24)27-18(2,3)4/h13,15H,5-11,19H2,1-4H3. The summed E-state index contributed by atoms with van der Waals surface area (Å²) in [5, 5.41) is 3.77. The zero-order valence-electron chi connectivity index (χ0n) is 16.6. The van der Waals surface area contributed by atoms with Gasteiger partial charge in [-0.15, -0.1) is 0 Å². The Hall–Kier alpha value is -2.09. The molecule has 1 amide bonds. The van der Waals surface area contributed by atoms with Gasteiger partial charge in [-0.3, -0.25) is 9.80 Å². The fourth-order valence-corrected chi connectivity index (χ4v) is 3.32. The zero-order chi connectivity index (χ0) is 20.2. The van der Waals surface area contributed by atoms with Crippen LogP contribution in [0.25, 0.3) is 0 Å². The first kappa shape index (κ1) is 21.2. The lowest BCUT2D eigenvalue weighted by atomic mass is 9.90. The van der Waals surface area contributed by atoms with Crippen LogP contribution >= 0.6 is 0 Å². The molecule has 2 aliphatic heterocycles. The van der Waals surface area contributed by atoms with Crippen LogP contribution in [0, 0.1) is 5.92 Å². The largest absolute Gasteiger partial charge is 0.460 e. The molecule has 9 heteroatoms. The van der Waals surface area contributed by atoms with Crippen molar-refractivity contribution >= 4 is 18.0 Å². The number of hydrogen-bond acceptors (Lipinski definition) is 8. The summed E-state index contributed by atoms with van der Waals surface area (Å²) in [5.74, 6) is 0.950. The fourth-order valence-electron chi connectivity index (χ4n) is 3.32. The summed E-state index contributed by atoms with van der Waals surface area (Å²) < 4.78 is 10.4. The Morgan fingerprint density at radius 1 is 1.19 bits per heavy atom. The van der Waals surface area contributed by atoms with Crippen LogP contribution in [0.15, 0.2) is 5.70 Å². The summed E-state index contributed by atoms with van der Waals surface area (Å²) in [6.45, 7) is 10.1. The molecular formula is C18H30N4O5. The summed E-state index contributed by atoms with van der Waals surface area (Å²) >= 11 is 0. The van der Waals surface area contributed by atoms with Crippen LogP contribution in [0.2, 0.25) is 0 Å². The summed E-state index contributed by atoms with van der Waals surface area (Å²) in [6, 6.07) is -0.769. The van der Waals surface area contributed by atoms with Crippen LogP contribution in [0.1, 0.15) is 34.1 Å². The van der Waals surface area contributed by atoms with Crippen LogP contribution in [-0.2, 0) is 19.1 Å². The molecule has 0 aromatic carbocycles. The third-order valence-corrected chi connectivity index (χ3v) is 4.62. The summed E-state index contributed by atoms with van der Waals surface area (Å²) in [5.41, 5.74) is 5.86. The second kappa shape index (κ2) is 8.73. The van der Waals surface area contributed by atoms with Gasteiger partial charge in [-0.05, 0) is 34.1 Å². The van der Waals surface area contributed by atoms with Gasteiger partial charge in [-0.1, -0.05) is 0 Å². The normalized spacial score (nSPS) is 24.4. The van der Waals surface area contributed by atoms with Crippen molar-refractivity contribution in [3.8, 4) is 0 Å². The lowest BCUT2D eigenvalue weighted by Gasteiger charge is -2.46. The van der Waals surface area contributed by atoms with Crippen molar-refractivity contribution in [3.63, 3.8) is 0 Å². The second-order valence-electron chi connectivity index (χ2n) is 7.70. The Bertz CT molecular complexity index is 603. The minimum absolute atomic E-state index is 0.252. The predicted octanol–water partition coefficient (Wildman–Crippen LogP) is 0.382. The van der Waals surface area contributed by atoms with Gasteiger partial charge in [0, 0.05) is 32.7 Å². The number of rotatable bonds is 3. The van der Waals surface area contributed by atoms with Crippen LogP contribution in [0.4, 0.5) is 4.79 Å². The quantitative estimate of drug-likeness (QED) is 0.552. The number of piperidine rings is 1. The van der Waals surface area contributed by atoms with Gasteiger partial charge in [0.05, 0.1) is 18.6 Å². The van der Waals surface area contributed by atoms with Gasteiger partial charge >= 0.3 is 12.1 Å². The Morgan fingerprint density at radius 3 is 2.33 bits per heavy atom. The average Bonchev–Trinajstić information content (AvgIpc) is 2.60. The first-order valence-corrected chi connectivity index (χ1v) is 9.35. The number of esters is 1. The molecule has 0 saturated carbocycles. The lowest BCUT2D eigenvalue weighted by Crippen LogP contribution is -2.60. The zero-order valence-corrected chi connectivity index (χ0v) is 16.6. The Labute approximate surface area is 160 Å². The molecule has 0 aromatic heterocycles. The van der Waals surface area contributed by atoms with E-state index in [1.165, 1.54) is 0 Å². The third kappa shape index (κ3) is 5.22. The molecule has 9 nitrogen and oxygen atoms in total. The van der Waals surface area contributed by atoms with Crippen molar-refractivity contribution in [2.45, 2.75) is 45.8 Å². The summed E-state index contributed by atoms with van der Waals surface area (Å²) in [6.07, 6.45) is 0.156. The number of ether oxygens (including phenoxy) is 2. The molecule has 2 fully saturated rings. The lowest BCUT2D eigenvalue weighted by molar-refractivity contribution is -0.163. The van der Waals surface area contributed by atoms with Crippen LogP contribution in [0.3, 0.4) is 0 Å². The third-order valence-electron chi connectivity index (χ3n) is 4.62. The van der Waals surface area contributed by atoms with Gasteiger partial charge in [-0.25, -0.2) is 14.6 Å². The molecule has 2 saturated heterocycles. The van der Waals surface area contributed by atoms with Gasteiger partial charge in [0.25, 0.3) is 0 Å². The molecule has 0 bridgehead atoms. The number of carbonyl (C=O) groups excluding carboxylic acids is 3. The number of piperazine rings is 1. The maximum Gasteiger partial charge on any atom is 0.409 e. The minimum Gasteiger partial charge on any atom is -0.460 e. The number of nitrogens with zero attached hydrogens (tertiary/aromatic N) is 3. The molecule has 0 radical (unpaired) electrons. The van der Waals surface area contributed by atoms with Crippen LogP contribution < -0.4 is 5.73 Å². The van der Waals surface area contributed by atoms with Crippen molar-refractivity contribution < 1.29 is 23.9 Å². The van der Waals surface area contributed by atoms with Crippen LogP contribution in [-0.4, -0.2) is 83.9 Å². The molecule has 27 heavy (non-hydrogen) atoms. The highest BCUT2D eigenvalue weighted by molar-refractivity contribution is 5.75. The second-order valence-corrected chi connectivity index (χ2v) is 7.70. The van der Waals surface area contributed by atoms with E-state index in [0.29, 0.717) is 45.8 Å². The Morgan fingerprint density at radius 2 is 1.81 bits per heavy atom. The van der Waals surface area contributed by atoms with Gasteiger partial charge in [0.15, 0.2) is 0 Å². The maximum atomic E-state index is 12.4. The molecule has 2 N–H and O–H groups in total. The van der Waals surface area contributed by atoms with Crippen molar-refractivity contribution in [2.24, 2.45) is 11.7 Å². The Kier molecular flexibility index (Phi) is 6.86. The van der Waals surface area contributed by atoms with Crippen molar-refractivity contribution in [1.29, 1.82) is 0 Å². The topological polar surface area (TPSA) is 105 Å². The number of hydrazine groups is 1. The van der Waals surface area contributed by atoms with E-state index >= 15 is 0 Å². The molecule has 152 valence electrons. The minimum atomic E-state index is -0.769. The van der Waals surface area contributed by atoms with Gasteiger partial charge < -0.3 is 20.1 Å². The van der Waals surface area contributed by atoms with Crippen LogP contribution in [0.5, 0.6) is 0 Å². The number of nitrogens with two attached hydrogens (primary N) is 1. The van der Waals surface area contributed by atoms with E-state index < -0.39 is 23.5 Å². The predicted molar refractivity (Wildman–Crippen MR) is 98.0 cm³/mol. The van der Waals surface area contributed by atoms with E-state index in [9.17, 15) is 14.4 Å². The highest BCUT2D eigenvalue weighted by Gasteiger charge is 2.41. The monoisotopic (exact) mass is 382 g/mol. The molecule has 2 heterocycles. The Balaban J connectivity index is 2.00.